The monoisotopic (exact) mass is 402 g/mol. The van der Waals surface area contributed by atoms with Crippen LogP contribution in [0.2, 0.25) is 0 Å². The van der Waals surface area contributed by atoms with Crippen LogP contribution in [-0.4, -0.2) is 22.6 Å². The Bertz CT molecular complexity index is 1100. The molecule has 0 radical (unpaired) electrons. The summed E-state index contributed by atoms with van der Waals surface area (Å²) in [6.45, 7) is 0.883. The molecule has 4 nitrogen and oxygen atoms in total. The number of thioether (sulfide) groups is 1. The summed E-state index contributed by atoms with van der Waals surface area (Å²) < 4.78 is 7.06. The van der Waals surface area contributed by atoms with Gasteiger partial charge in [0.05, 0.1) is 23.7 Å². The second-order valence-electron chi connectivity index (χ2n) is 6.75. The summed E-state index contributed by atoms with van der Waals surface area (Å²) in [5.41, 5.74) is 5.20. The summed E-state index contributed by atoms with van der Waals surface area (Å²) in [6.07, 6.45) is 0.961. The van der Waals surface area contributed by atoms with Crippen LogP contribution in [-0.2, 0) is 23.5 Å². The van der Waals surface area contributed by atoms with Crippen LogP contribution >= 0.6 is 11.8 Å². The molecule has 0 spiro atoms. The number of methoxy groups -OCH3 is 1. The maximum atomic E-state index is 11.6. The normalized spacial score (nSPS) is 10.9. The van der Waals surface area contributed by atoms with E-state index < -0.39 is 0 Å². The second kappa shape index (κ2) is 8.97. The smallest absolute Gasteiger partial charge is 0.337 e. The van der Waals surface area contributed by atoms with Crippen molar-refractivity contribution in [1.82, 2.24) is 9.55 Å². The molecule has 0 aliphatic rings. The fourth-order valence-corrected chi connectivity index (χ4v) is 4.26. The number of fused-ring (bicyclic) bond motifs is 1. The number of carbonyl (C=O) groups is 1. The summed E-state index contributed by atoms with van der Waals surface area (Å²) in [6, 6.07) is 26.3. The number of aromatic nitrogens is 2. The number of esters is 1. The number of nitrogens with zero attached hydrogens (tertiary/aromatic N) is 2. The lowest BCUT2D eigenvalue weighted by atomic mass is 10.1. The van der Waals surface area contributed by atoms with Crippen molar-refractivity contribution >= 4 is 28.8 Å². The quantitative estimate of drug-likeness (QED) is 0.308. The van der Waals surface area contributed by atoms with Crippen LogP contribution in [0.15, 0.2) is 84.0 Å². The Kier molecular flexibility index (Phi) is 5.96. The molecular formula is C24H22N2O2S. The molecule has 0 N–H and O–H groups in total. The Morgan fingerprint density at radius 3 is 2.41 bits per heavy atom. The van der Waals surface area contributed by atoms with Crippen molar-refractivity contribution in [3.05, 3.63) is 95.6 Å². The summed E-state index contributed by atoms with van der Waals surface area (Å²) in [5, 5.41) is 1.01. The first-order chi connectivity index (χ1) is 14.2. The van der Waals surface area contributed by atoms with Crippen molar-refractivity contribution in [2.24, 2.45) is 0 Å². The molecule has 3 aromatic carbocycles. The molecular weight excluding hydrogens is 380 g/mol. The van der Waals surface area contributed by atoms with Gasteiger partial charge in [0, 0.05) is 12.3 Å². The number of imidazole rings is 1. The Balaban J connectivity index is 1.52. The van der Waals surface area contributed by atoms with Crippen LogP contribution in [0.1, 0.15) is 21.5 Å². The number of aryl methyl sites for hydroxylation is 2. The minimum absolute atomic E-state index is 0.313. The van der Waals surface area contributed by atoms with E-state index in [1.807, 2.05) is 24.3 Å². The van der Waals surface area contributed by atoms with Crippen LogP contribution < -0.4 is 0 Å². The number of rotatable bonds is 7. The SMILES string of the molecule is COC(=O)c1ccc(CSc2nc3ccccc3n2CCc2ccccc2)cc1. The first-order valence-electron chi connectivity index (χ1n) is 9.54. The number of carbonyl (C=O) groups excluding carboxylic acids is 1. The van der Waals surface area contributed by atoms with Crippen molar-refractivity contribution in [2.45, 2.75) is 23.9 Å². The molecule has 0 aliphatic heterocycles. The van der Waals surface area contributed by atoms with Gasteiger partial charge in [-0.15, -0.1) is 0 Å². The molecule has 1 heterocycles. The molecule has 0 saturated heterocycles. The largest absolute Gasteiger partial charge is 0.465 e. The van der Waals surface area contributed by atoms with Crippen LogP contribution in [0.25, 0.3) is 11.0 Å². The minimum Gasteiger partial charge on any atom is -0.465 e. The second-order valence-corrected chi connectivity index (χ2v) is 7.69. The van der Waals surface area contributed by atoms with Crippen LogP contribution in [0, 0.1) is 0 Å². The fourth-order valence-electron chi connectivity index (χ4n) is 3.27. The van der Waals surface area contributed by atoms with Crippen molar-refractivity contribution in [3.8, 4) is 0 Å². The van der Waals surface area contributed by atoms with Crippen molar-refractivity contribution in [1.29, 1.82) is 0 Å². The van der Waals surface area contributed by atoms with E-state index >= 15 is 0 Å². The van der Waals surface area contributed by atoms with Gasteiger partial charge in [0.25, 0.3) is 0 Å². The molecule has 1 aromatic heterocycles. The number of benzene rings is 3. The molecule has 0 atom stereocenters. The summed E-state index contributed by atoms with van der Waals surface area (Å²) in [5.74, 6) is 0.475. The third-order valence-corrected chi connectivity index (χ3v) is 5.88. The first kappa shape index (κ1) is 19.3. The highest BCUT2D eigenvalue weighted by molar-refractivity contribution is 7.98. The predicted molar refractivity (Wildman–Crippen MR) is 117 cm³/mol. The van der Waals surface area contributed by atoms with Gasteiger partial charge in [0.1, 0.15) is 0 Å². The zero-order valence-corrected chi connectivity index (χ0v) is 17.1. The Morgan fingerprint density at radius 1 is 0.931 bits per heavy atom. The topological polar surface area (TPSA) is 44.1 Å². The van der Waals surface area contributed by atoms with Gasteiger partial charge in [-0.25, -0.2) is 9.78 Å². The van der Waals surface area contributed by atoms with Gasteiger partial charge in [0.15, 0.2) is 5.16 Å². The lowest BCUT2D eigenvalue weighted by Crippen LogP contribution is -2.03. The van der Waals surface area contributed by atoms with Gasteiger partial charge in [-0.2, -0.15) is 0 Å². The molecule has 0 amide bonds. The van der Waals surface area contributed by atoms with Crippen molar-refractivity contribution in [2.75, 3.05) is 7.11 Å². The Hall–Kier alpha value is -3.05. The molecule has 0 bridgehead atoms. The number of para-hydroxylation sites is 2. The highest BCUT2D eigenvalue weighted by Gasteiger charge is 2.12. The van der Waals surface area contributed by atoms with E-state index in [0.29, 0.717) is 5.56 Å². The maximum absolute atomic E-state index is 11.6. The average Bonchev–Trinajstić information content (AvgIpc) is 3.14. The molecule has 0 saturated carbocycles. The molecule has 0 aliphatic carbocycles. The molecule has 4 aromatic rings. The first-order valence-corrected chi connectivity index (χ1v) is 10.5. The van der Waals surface area contributed by atoms with Gasteiger partial charge in [-0.05, 0) is 41.8 Å². The minimum atomic E-state index is -0.313. The Morgan fingerprint density at radius 2 is 1.66 bits per heavy atom. The third kappa shape index (κ3) is 4.51. The fraction of sp³-hybridized carbons (Fsp3) is 0.167. The van der Waals surface area contributed by atoms with Crippen LogP contribution in [0.3, 0.4) is 0 Å². The summed E-state index contributed by atoms with van der Waals surface area (Å²) in [4.78, 5) is 16.4. The summed E-state index contributed by atoms with van der Waals surface area (Å²) in [7, 11) is 1.39. The molecule has 0 fully saturated rings. The van der Waals surface area contributed by atoms with Gasteiger partial charge < -0.3 is 9.30 Å². The molecule has 29 heavy (non-hydrogen) atoms. The lowest BCUT2D eigenvalue weighted by Gasteiger charge is -2.09. The molecule has 0 unspecified atom stereocenters. The highest BCUT2D eigenvalue weighted by Crippen LogP contribution is 2.27. The Labute approximate surface area is 174 Å². The molecule has 146 valence electrons. The predicted octanol–water partition coefficient (Wildman–Crippen LogP) is 5.36. The lowest BCUT2D eigenvalue weighted by molar-refractivity contribution is 0.0600. The van der Waals surface area contributed by atoms with E-state index in [9.17, 15) is 4.79 Å². The van der Waals surface area contributed by atoms with Crippen LogP contribution in [0.4, 0.5) is 0 Å². The van der Waals surface area contributed by atoms with E-state index in [1.165, 1.54) is 12.7 Å². The van der Waals surface area contributed by atoms with Gasteiger partial charge in [-0.3, -0.25) is 0 Å². The van der Waals surface area contributed by atoms with E-state index in [-0.39, 0.29) is 5.97 Å². The van der Waals surface area contributed by atoms with Crippen molar-refractivity contribution < 1.29 is 9.53 Å². The van der Waals surface area contributed by atoms with E-state index in [1.54, 1.807) is 23.9 Å². The molecule has 5 heteroatoms. The number of hydrogen-bond acceptors (Lipinski definition) is 4. The standard InChI is InChI=1S/C24H22N2O2S/c1-28-23(27)20-13-11-19(12-14-20)17-29-24-25-21-9-5-6-10-22(21)26(24)16-15-18-7-3-2-4-8-18/h2-14H,15-17H2,1H3. The highest BCUT2D eigenvalue weighted by atomic mass is 32.2. The maximum Gasteiger partial charge on any atom is 0.337 e. The van der Waals surface area contributed by atoms with Gasteiger partial charge in [-0.1, -0.05) is 66.4 Å². The third-order valence-electron chi connectivity index (χ3n) is 4.83. The molecule has 4 rings (SSSR count). The van der Waals surface area contributed by atoms with E-state index in [0.717, 1.165) is 40.5 Å². The number of hydrogen-bond donors (Lipinski definition) is 0. The number of ether oxygens (including phenoxy) is 1. The van der Waals surface area contributed by atoms with E-state index in [2.05, 4.69) is 47.0 Å². The summed E-state index contributed by atoms with van der Waals surface area (Å²) >= 11 is 1.72. The van der Waals surface area contributed by atoms with E-state index in [4.69, 9.17) is 9.72 Å². The van der Waals surface area contributed by atoms with Gasteiger partial charge in [0.2, 0.25) is 0 Å². The zero-order chi connectivity index (χ0) is 20.1. The van der Waals surface area contributed by atoms with Crippen molar-refractivity contribution in [3.63, 3.8) is 0 Å². The van der Waals surface area contributed by atoms with Crippen LogP contribution in [0.5, 0.6) is 0 Å². The van der Waals surface area contributed by atoms with Gasteiger partial charge >= 0.3 is 5.97 Å². The zero-order valence-electron chi connectivity index (χ0n) is 16.2. The average molecular weight is 403 g/mol.